The summed E-state index contributed by atoms with van der Waals surface area (Å²) in [7, 11) is 3.90. The topological polar surface area (TPSA) is 87.2 Å². The van der Waals surface area contributed by atoms with Crippen LogP contribution in [-0.4, -0.2) is 72.3 Å². The first kappa shape index (κ1) is 18.1. The van der Waals surface area contributed by atoms with Crippen molar-refractivity contribution >= 4 is 23.7 Å². The van der Waals surface area contributed by atoms with Crippen LogP contribution in [0.15, 0.2) is 24.3 Å². The third-order valence-corrected chi connectivity index (χ3v) is 4.52. The highest BCUT2D eigenvalue weighted by molar-refractivity contribution is 6.20. The standard InChI is InChI=1S/C18H21N3O5/c1-19(2)8-5-9-20-11-12(10-15(20)22)18(25)26-21-16(23)13-6-3-4-7-14(13)17(21)24/h3-4,6-7,12H,5,8-11H2,1-2H3. The molecule has 2 heterocycles. The summed E-state index contributed by atoms with van der Waals surface area (Å²) in [6.45, 7) is 1.65. The largest absolute Gasteiger partial charge is 0.342 e. The Labute approximate surface area is 151 Å². The third-order valence-electron chi connectivity index (χ3n) is 4.52. The van der Waals surface area contributed by atoms with Gasteiger partial charge in [-0.25, -0.2) is 4.79 Å². The molecule has 8 nitrogen and oxygen atoms in total. The highest BCUT2D eigenvalue weighted by Gasteiger charge is 2.42. The Balaban J connectivity index is 1.59. The lowest BCUT2D eigenvalue weighted by atomic mass is 10.1. The number of hydrogen-bond acceptors (Lipinski definition) is 6. The molecule has 0 aromatic heterocycles. The van der Waals surface area contributed by atoms with Crippen LogP contribution < -0.4 is 0 Å². The van der Waals surface area contributed by atoms with Crippen molar-refractivity contribution in [1.82, 2.24) is 14.9 Å². The summed E-state index contributed by atoms with van der Waals surface area (Å²) in [5.41, 5.74) is 0.413. The molecule has 0 saturated carbocycles. The average Bonchev–Trinajstić information content (AvgIpc) is 3.09. The van der Waals surface area contributed by atoms with E-state index in [2.05, 4.69) is 0 Å². The first-order valence-electron chi connectivity index (χ1n) is 8.50. The van der Waals surface area contributed by atoms with Gasteiger partial charge in [0.25, 0.3) is 11.8 Å². The summed E-state index contributed by atoms with van der Waals surface area (Å²) in [6.07, 6.45) is 0.836. The first-order chi connectivity index (χ1) is 12.4. The van der Waals surface area contributed by atoms with E-state index in [0.29, 0.717) is 11.6 Å². The molecule has 0 N–H and O–H groups in total. The van der Waals surface area contributed by atoms with E-state index in [1.54, 1.807) is 17.0 Å². The summed E-state index contributed by atoms with van der Waals surface area (Å²) >= 11 is 0. The monoisotopic (exact) mass is 359 g/mol. The summed E-state index contributed by atoms with van der Waals surface area (Å²) in [4.78, 5) is 57.6. The van der Waals surface area contributed by atoms with Gasteiger partial charge < -0.3 is 14.6 Å². The Hall–Kier alpha value is -2.74. The number of likely N-dealkylation sites (tertiary alicyclic amines) is 1. The summed E-state index contributed by atoms with van der Waals surface area (Å²) in [5, 5.41) is 0.492. The van der Waals surface area contributed by atoms with Crippen molar-refractivity contribution in [2.75, 3.05) is 33.7 Å². The normalized spacial score (nSPS) is 19.5. The molecule has 1 unspecified atom stereocenters. The van der Waals surface area contributed by atoms with Gasteiger partial charge in [-0.2, -0.15) is 0 Å². The van der Waals surface area contributed by atoms with Gasteiger partial charge in [-0.1, -0.05) is 17.2 Å². The van der Waals surface area contributed by atoms with Crippen LogP contribution >= 0.6 is 0 Å². The average molecular weight is 359 g/mol. The Morgan fingerprint density at radius 2 is 1.77 bits per heavy atom. The van der Waals surface area contributed by atoms with Crippen LogP contribution in [0.25, 0.3) is 0 Å². The number of carbonyl (C=O) groups excluding carboxylic acids is 4. The van der Waals surface area contributed by atoms with Crippen molar-refractivity contribution in [3.8, 4) is 0 Å². The van der Waals surface area contributed by atoms with Crippen molar-refractivity contribution in [2.24, 2.45) is 5.92 Å². The van der Waals surface area contributed by atoms with Crippen LogP contribution in [0, 0.1) is 5.92 Å². The van der Waals surface area contributed by atoms with Gasteiger partial charge in [0.2, 0.25) is 5.91 Å². The van der Waals surface area contributed by atoms with Gasteiger partial charge >= 0.3 is 5.97 Å². The maximum absolute atomic E-state index is 12.4. The Kier molecular flexibility index (Phi) is 5.03. The molecule has 2 aliphatic rings. The first-order valence-corrected chi connectivity index (χ1v) is 8.50. The van der Waals surface area contributed by atoms with Gasteiger partial charge in [0.1, 0.15) is 0 Å². The summed E-state index contributed by atoms with van der Waals surface area (Å²) in [6, 6.07) is 6.29. The van der Waals surface area contributed by atoms with E-state index in [4.69, 9.17) is 4.84 Å². The van der Waals surface area contributed by atoms with Crippen LogP contribution in [-0.2, 0) is 14.4 Å². The molecular formula is C18H21N3O5. The second-order valence-electron chi connectivity index (χ2n) is 6.76. The molecule has 3 amide bonds. The van der Waals surface area contributed by atoms with E-state index in [0.717, 1.165) is 13.0 Å². The molecule has 0 aliphatic carbocycles. The fraction of sp³-hybridized carbons (Fsp3) is 0.444. The highest BCUT2D eigenvalue weighted by atomic mass is 16.7. The number of fused-ring (bicyclic) bond motifs is 1. The van der Waals surface area contributed by atoms with Crippen molar-refractivity contribution in [2.45, 2.75) is 12.8 Å². The van der Waals surface area contributed by atoms with Crippen LogP contribution in [0.1, 0.15) is 33.6 Å². The summed E-state index contributed by atoms with van der Waals surface area (Å²) < 4.78 is 0. The smallest absolute Gasteiger partial charge is 0.338 e. The van der Waals surface area contributed by atoms with Crippen LogP contribution in [0.5, 0.6) is 0 Å². The van der Waals surface area contributed by atoms with E-state index in [-0.39, 0.29) is 30.0 Å². The lowest BCUT2D eigenvalue weighted by Gasteiger charge is -2.18. The number of rotatable bonds is 6. The zero-order valence-corrected chi connectivity index (χ0v) is 14.8. The van der Waals surface area contributed by atoms with E-state index >= 15 is 0 Å². The van der Waals surface area contributed by atoms with Crippen LogP contribution in [0.2, 0.25) is 0 Å². The molecule has 1 atom stereocenters. The van der Waals surface area contributed by atoms with Crippen LogP contribution in [0.4, 0.5) is 0 Å². The lowest BCUT2D eigenvalue weighted by Crippen LogP contribution is -2.36. The lowest BCUT2D eigenvalue weighted by molar-refractivity contribution is -0.173. The zero-order chi connectivity index (χ0) is 18.8. The zero-order valence-electron chi connectivity index (χ0n) is 14.8. The molecule has 3 rings (SSSR count). The summed E-state index contributed by atoms with van der Waals surface area (Å²) in [5.74, 6) is -2.85. The predicted molar refractivity (Wildman–Crippen MR) is 90.9 cm³/mol. The minimum absolute atomic E-state index is 0.0317. The molecule has 1 fully saturated rings. The van der Waals surface area contributed by atoms with E-state index in [1.807, 2.05) is 19.0 Å². The second kappa shape index (κ2) is 7.25. The van der Waals surface area contributed by atoms with Gasteiger partial charge in [0.05, 0.1) is 17.0 Å². The van der Waals surface area contributed by atoms with Gasteiger partial charge in [-0.3, -0.25) is 14.4 Å². The fourth-order valence-electron chi connectivity index (χ4n) is 3.14. The molecule has 1 saturated heterocycles. The number of hydroxylamine groups is 2. The highest BCUT2D eigenvalue weighted by Crippen LogP contribution is 2.25. The van der Waals surface area contributed by atoms with Crippen molar-refractivity contribution in [1.29, 1.82) is 0 Å². The molecular weight excluding hydrogens is 338 g/mol. The third kappa shape index (κ3) is 3.45. The molecule has 8 heteroatoms. The van der Waals surface area contributed by atoms with E-state index < -0.39 is 23.7 Å². The van der Waals surface area contributed by atoms with Crippen molar-refractivity contribution < 1.29 is 24.0 Å². The molecule has 0 bridgehead atoms. The molecule has 0 spiro atoms. The number of benzene rings is 1. The van der Waals surface area contributed by atoms with E-state index in [1.165, 1.54) is 12.1 Å². The number of nitrogens with zero attached hydrogens (tertiary/aromatic N) is 3. The molecule has 1 aromatic rings. The predicted octanol–water partition coefficient (Wildman–Crippen LogP) is 0.541. The van der Waals surface area contributed by atoms with Crippen molar-refractivity contribution in [3.05, 3.63) is 35.4 Å². The Morgan fingerprint density at radius 1 is 1.15 bits per heavy atom. The number of imide groups is 1. The maximum Gasteiger partial charge on any atom is 0.338 e. The quantitative estimate of drug-likeness (QED) is 0.689. The number of hydrogen-bond donors (Lipinski definition) is 0. The molecule has 138 valence electrons. The van der Waals surface area contributed by atoms with Gasteiger partial charge in [0, 0.05) is 19.5 Å². The minimum atomic E-state index is -0.733. The second-order valence-corrected chi connectivity index (χ2v) is 6.76. The van der Waals surface area contributed by atoms with Gasteiger partial charge in [0.15, 0.2) is 0 Å². The molecule has 2 aliphatic heterocycles. The maximum atomic E-state index is 12.4. The Bertz CT molecular complexity index is 726. The molecule has 1 aromatic carbocycles. The SMILES string of the molecule is CN(C)CCCN1CC(C(=O)ON2C(=O)c3ccccc3C2=O)CC1=O. The number of carbonyl (C=O) groups is 4. The van der Waals surface area contributed by atoms with Gasteiger partial charge in [-0.15, -0.1) is 0 Å². The number of amides is 3. The van der Waals surface area contributed by atoms with Crippen LogP contribution in [0.3, 0.4) is 0 Å². The Morgan fingerprint density at radius 3 is 2.35 bits per heavy atom. The molecule has 26 heavy (non-hydrogen) atoms. The molecule has 0 radical (unpaired) electrons. The van der Waals surface area contributed by atoms with E-state index in [9.17, 15) is 19.2 Å². The van der Waals surface area contributed by atoms with Gasteiger partial charge in [-0.05, 0) is 39.2 Å². The van der Waals surface area contributed by atoms with Crippen molar-refractivity contribution in [3.63, 3.8) is 0 Å². The minimum Gasteiger partial charge on any atom is -0.342 e. The fourth-order valence-corrected chi connectivity index (χ4v) is 3.14.